The summed E-state index contributed by atoms with van der Waals surface area (Å²) in [4.78, 5) is 15.5. The lowest BCUT2D eigenvalue weighted by Crippen LogP contribution is -2.57. The third-order valence-corrected chi connectivity index (χ3v) is 7.03. The molecule has 3 fully saturated rings. The number of amides is 1. The Morgan fingerprint density at radius 2 is 1.84 bits per heavy atom. The Morgan fingerprint density at radius 3 is 2.62 bits per heavy atom. The maximum Gasteiger partial charge on any atom is 0.253 e. The first-order chi connectivity index (χ1) is 15.7. The standard InChI is InChI=1S/C27H27N3O2/c31-27(28-25-17-29-12-10-20(25)11-13-29)22-14-23-7-6-21-15-24(8-9-26(21)30(23)16-22)32-18-19-4-2-1-3-5-19/h1-9,14-16,20,25H,10-13,17-18H2,(H,28,31)/t25-/m0/s1. The van der Waals surface area contributed by atoms with E-state index in [0.29, 0.717) is 12.5 Å². The maximum atomic E-state index is 13.0. The molecule has 0 aliphatic carbocycles. The summed E-state index contributed by atoms with van der Waals surface area (Å²) in [6.07, 6.45) is 4.35. The molecule has 2 aromatic carbocycles. The van der Waals surface area contributed by atoms with Crippen molar-refractivity contribution in [3.05, 3.63) is 84.1 Å². The SMILES string of the molecule is O=C(N[C@H]1CN2CCC1CC2)c1cc2ccc3cc(OCc4ccccc4)ccc3n2c1. The van der Waals surface area contributed by atoms with Crippen LogP contribution in [0.25, 0.3) is 16.4 Å². The van der Waals surface area contributed by atoms with E-state index in [1.807, 2.05) is 36.5 Å². The molecule has 0 unspecified atom stereocenters. The summed E-state index contributed by atoms with van der Waals surface area (Å²) < 4.78 is 8.09. The molecule has 2 aromatic heterocycles. The highest BCUT2D eigenvalue weighted by Gasteiger charge is 2.35. The number of carbonyl (C=O) groups is 1. The van der Waals surface area contributed by atoms with Gasteiger partial charge in [0.25, 0.3) is 5.91 Å². The Morgan fingerprint density at radius 1 is 1.00 bits per heavy atom. The van der Waals surface area contributed by atoms with Gasteiger partial charge >= 0.3 is 0 Å². The van der Waals surface area contributed by atoms with Gasteiger partial charge in [-0.05, 0) is 67.7 Å². The zero-order valence-corrected chi connectivity index (χ0v) is 18.0. The number of carbonyl (C=O) groups excluding carboxylic acids is 1. The number of hydrogen-bond donors (Lipinski definition) is 1. The van der Waals surface area contributed by atoms with Crippen LogP contribution in [0.2, 0.25) is 0 Å². The largest absolute Gasteiger partial charge is 0.489 e. The van der Waals surface area contributed by atoms with Crippen molar-refractivity contribution in [2.45, 2.75) is 25.5 Å². The zero-order valence-electron chi connectivity index (χ0n) is 18.0. The van der Waals surface area contributed by atoms with Crippen molar-refractivity contribution >= 4 is 22.3 Å². The molecule has 1 amide bonds. The van der Waals surface area contributed by atoms with Crippen LogP contribution in [0.15, 0.2) is 72.9 Å². The van der Waals surface area contributed by atoms with Crippen LogP contribution in [0.5, 0.6) is 5.75 Å². The fraction of sp³-hybridized carbons (Fsp3) is 0.296. The monoisotopic (exact) mass is 425 g/mol. The number of nitrogens with zero attached hydrogens (tertiary/aromatic N) is 2. The molecule has 5 heterocycles. The molecule has 4 aromatic rings. The summed E-state index contributed by atoms with van der Waals surface area (Å²) in [5.41, 5.74) is 3.96. The number of nitrogens with one attached hydrogen (secondary N) is 1. The number of ether oxygens (including phenoxy) is 1. The van der Waals surface area contributed by atoms with Crippen LogP contribution < -0.4 is 10.1 Å². The van der Waals surface area contributed by atoms with Gasteiger partial charge in [-0.3, -0.25) is 4.79 Å². The Balaban J connectivity index is 1.22. The molecule has 1 N–H and O–H groups in total. The summed E-state index contributed by atoms with van der Waals surface area (Å²) in [5, 5.41) is 4.39. The Labute approximate surface area is 187 Å². The van der Waals surface area contributed by atoms with Crippen molar-refractivity contribution in [1.82, 2.24) is 14.6 Å². The van der Waals surface area contributed by atoms with E-state index in [0.717, 1.165) is 39.8 Å². The maximum absolute atomic E-state index is 13.0. The lowest BCUT2D eigenvalue weighted by atomic mass is 9.84. The van der Waals surface area contributed by atoms with Gasteiger partial charge in [-0.25, -0.2) is 0 Å². The Hall–Kier alpha value is -3.31. The second kappa shape index (κ2) is 7.99. The Bertz CT molecular complexity index is 1270. The molecule has 5 nitrogen and oxygen atoms in total. The fourth-order valence-corrected chi connectivity index (χ4v) is 5.21. The van der Waals surface area contributed by atoms with Gasteiger partial charge in [0.05, 0.1) is 11.1 Å². The second-order valence-corrected chi connectivity index (χ2v) is 9.07. The lowest BCUT2D eigenvalue weighted by Gasteiger charge is -2.44. The quantitative estimate of drug-likeness (QED) is 0.512. The minimum Gasteiger partial charge on any atom is -0.489 e. The van der Waals surface area contributed by atoms with E-state index in [1.165, 1.54) is 25.9 Å². The molecule has 2 bridgehead atoms. The van der Waals surface area contributed by atoms with Crippen LogP contribution >= 0.6 is 0 Å². The fourth-order valence-electron chi connectivity index (χ4n) is 5.21. The van der Waals surface area contributed by atoms with Crippen LogP contribution in [0.1, 0.15) is 28.8 Å². The highest BCUT2D eigenvalue weighted by molar-refractivity contribution is 5.97. The molecular weight excluding hydrogens is 398 g/mol. The first kappa shape index (κ1) is 19.4. The van der Waals surface area contributed by atoms with E-state index < -0.39 is 0 Å². The van der Waals surface area contributed by atoms with Gasteiger partial charge in [-0.1, -0.05) is 36.4 Å². The molecule has 3 aliphatic heterocycles. The molecule has 3 aliphatic rings. The molecular formula is C27H27N3O2. The average Bonchev–Trinajstić information content (AvgIpc) is 3.29. The average molecular weight is 426 g/mol. The number of fused-ring (bicyclic) bond motifs is 6. The van der Waals surface area contributed by atoms with Crippen molar-refractivity contribution in [2.75, 3.05) is 19.6 Å². The van der Waals surface area contributed by atoms with Crippen molar-refractivity contribution in [2.24, 2.45) is 5.92 Å². The predicted octanol–water partition coefficient (Wildman–Crippen LogP) is 4.50. The number of piperidine rings is 3. The van der Waals surface area contributed by atoms with Crippen molar-refractivity contribution in [3.8, 4) is 5.75 Å². The van der Waals surface area contributed by atoms with E-state index in [1.54, 1.807) is 0 Å². The van der Waals surface area contributed by atoms with Crippen molar-refractivity contribution < 1.29 is 9.53 Å². The third-order valence-electron chi connectivity index (χ3n) is 7.03. The summed E-state index contributed by atoms with van der Waals surface area (Å²) in [7, 11) is 0. The normalized spacial score (nSPS) is 22.3. The number of aromatic nitrogens is 1. The summed E-state index contributed by atoms with van der Waals surface area (Å²) in [6.45, 7) is 3.88. The van der Waals surface area contributed by atoms with Gasteiger partial charge < -0.3 is 19.4 Å². The van der Waals surface area contributed by atoms with E-state index in [4.69, 9.17) is 4.74 Å². The topological polar surface area (TPSA) is 46.0 Å². The predicted molar refractivity (Wildman–Crippen MR) is 126 cm³/mol. The molecule has 0 saturated carbocycles. The highest BCUT2D eigenvalue weighted by Crippen LogP contribution is 2.28. The van der Waals surface area contributed by atoms with Crippen LogP contribution in [-0.4, -0.2) is 40.9 Å². The smallest absolute Gasteiger partial charge is 0.253 e. The van der Waals surface area contributed by atoms with Gasteiger partial charge in [-0.2, -0.15) is 0 Å². The van der Waals surface area contributed by atoms with E-state index in [2.05, 4.69) is 51.0 Å². The molecule has 1 atom stereocenters. The van der Waals surface area contributed by atoms with Crippen LogP contribution in [0.3, 0.4) is 0 Å². The summed E-state index contributed by atoms with van der Waals surface area (Å²) in [5.74, 6) is 1.49. The third kappa shape index (κ3) is 3.63. The number of hydrogen-bond acceptors (Lipinski definition) is 3. The Kier molecular flexibility index (Phi) is 4.84. The molecule has 5 heteroatoms. The number of pyridine rings is 1. The van der Waals surface area contributed by atoms with Gasteiger partial charge in [-0.15, -0.1) is 0 Å². The van der Waals surface area contributed by atoms with Crippen molar-refractivity contribution in [3.63, 3.8) is 0 Å². The van der Waals surface area contributed by atoms with Crippen LogP contribution in [0, 0.1) is 5.92 Å². The minimum atomic E-state index is 0.0309. The van der Waals surface area contributed by atoms with Gasteiger partial charge in [0, 0.05) is 29.7 Å². The van der Waals surface area contributed by atoms with E-state index >= 15 is 0 Å². The lowest BCUT2D eigenvalue weighted by molar-refractivity contribution is 0.0620. The van der Waals surface area contributed by atoms with Gasteiger partial charge in [0.2, 0.25) is 0 Å². The van der Waals surface area contributed by atoms with E-state index in [-0.39, 0.29) is 11.9 Å². The second-order valence-electron chi connectivity index (χ2n) is 9.07. The molecule has 0 spiro atoms. The van der Waals surface area contributed by atoms with Crippen LogP contribution in [0.4, 0.5) is 0 Å². The zero-order chi connectivity index (χ0) is 21.5. The number of benzene rings is 2. The molecule has 3 saturated heterocycles. The number of rotatable bonds is 5. The summed E-state index contributed by atoms with van der Waals surface area (Å²) >= 11 is 0. The molecule has 162 valence electrons. The minimum absolute atomic E-state index is 0.0309. The highest BCUT2D eigenvalue weighted by atomic mass is 16.5. The molecule has 0 radical (unpaired) electrons. The summed E-state index contributed by atoms with van der Waals surface area (Å²) in [6, 6.07) is 22.7. The molecule has 7 rings (SSSR count). The van der Waals surface area contributed by atoms with Crippen LogP contribution in [-0.2, 0) is 6.61 Å². The first-order valence-corrected chi connectivity index (χ1v) is 11.5. The van der Waals surface area contributed by atoms with Crippen molar-refractivity contribution in [1.29, 1.82) is 0 Å². The molecule has 32 heavy (non-hydrogen) atoms. The van der Waals surface area contributed by atoms with Gasteiger partial charge in [0.15, 0.2) is 0 Å². The first-order valence-electron chi connectivity index (χ1n) is 11.5. The van der Waals surface area contributed by atoms with Gasteiger partial charge in [0.1, 0.15) is 12.4 Å². The van der Waals surface area contributed by atoms with E-state index in [9.17, 15) is 4.79 Å².